The minimum absolute atomic E-state index is 0.0764. The van der Waals surface area contributed by atoms with Crippen LogP contribution in [0, 0.1) is 0 Å². The summed E-state index contributed by atoms with van der Waals surface area (Å²) in [5.74, 6) is -0.159. The molecule has 1 heterocycles. The van der Waals surface area contributed by atoms with Gasteiger partial charge in [0.15, 0.2) is 5.76 Å². The molecule has 0 radical (unpaired) electrons. The van der Waals surface area contributed by atoms with Crippen molar-refractivity contribution in [2.24, 2.45) is 0 Å². The first kappa shape index (κ1) is 15.8. The van der Waals surface area contributed by atoms with Gasteiger partial charge in [0.2, 0.25) is 0 Å². The second-order valence-electron chi connectivity index (χ2n) is 5.34. The van der Waals surface area contributed by atoms with Gasteiger partial charge >= 0.3 is 5.97 Å². The van der Waals surface area contributed by atoms with E-state index in [-0.39, 0.29) is 18.7 Å². The first-order chi connectivity index (χ1) is 10.5. The van der Waals surface area contributed by atoms with Gasteiger partial charge in [-0.05, 0) is 29.7 Å². The molecule has 0 atom stereocenters. The average Bonchev–Trinajstić information content (AvgIpc) is 2.96. The van der Waals surface area contributed by atoms with Gasteiger partial charge in [0, 0.05) is 12.1 Å². The highest BCUT2D eigenvalue weighted by Crippen LogP contribution is 2.25. The third kappa shape index (κ3) is 3.97. The lowest BCUT2D eigenvalue weighted by molar-refractivity contribution is -0.136. The zero-order chi connectivity index (χ0) is 16.1. The summed E-state index contributed by atoms with van der Waals surface area (Å²) in [6.07, 6.45) is -0.115. The molecule has 1 aromatic carbocycles. The van der Waals surface area contributed by atoms with Gasteiger partial charge in [0.05, 0.1) is 6.42 Å². The molecule has 0 aliphatic heterocycles. The first-order valence-electron chi connectivity index (χ1n) is 7.17. The van der Waals surface area contributed by atoms with Crippen molar-refractivity contribution in [1.29, 1.82) is 0 Å². The van der Waals surface area contributed by atoms with Gasteiger partial charge in [0.1, 0.15) is 5.76 Å². The van der Waals surface area contributed by atoms with E-state index in [0.717, 1.165) is 5.56 Å². The summed E-state index contributed by atoms with van der Waals surface area (Å²) >= 11 is 0. The number of hydrogen-bond acceptors (Lipinski definition) is 3. The molecule has 0 bridgehead atoms. The van der Waals surface area contributed by atoms with Crippen molar-refractivity contribution in [3.8, 4) is 11.3 Å². The van der Waals surface area contributed by atoms with Crippen LogP contribution < -0.4 is 5.32 Å². The van der Waals surface area contributed by atoms with Crippen LogP contribution in [-0.4, -0.2) is 23.5 Å². The summed E-state index contributed by atoms with van der Waals surface area (Å²) in [6, 6.07) is 11.3. The van der Waals surface area contributed by atoms with Crippen LogP contribution in [0.25, 0.3) is 11.3 Å². The van der Waals surface area contributed by atoms with Crippen LogP contribution in [0.4, 0.5) is 0 Å². The molecule has 5 nitrogen and oxygen atoms in total. The van der Waals surface area contributed by atoms with E-state index < -0.39 is 11.9 Å². The maximum atomic E-state index is 11.8. The number of benzene rings is 1. The second kappa shape index (κ2) is 6.93. The van der Waals surface area contributed by atoms with E-state index in [9.17, 15) is 9.59 Å². The summed E-state index contributed by atoms with van der Waals surface area (Å²) in [5.41, 5.74) is 2.11. The molecule has 0 aliphatic rings. The van der Waals surface area contributed by atoms with E-state index in [2.05, 4.69) is 25.2 Å². The highest BCUT2D eigenvalue weighted by molar-refractivity contribution is 5.92. The van der Waals surface area contributed by atoms with E-state index in [1.807, 2.05) is 18.2 Å². The molecule has 0 unspecified atom stereocenters. The second-order valence-corrected chi connectivity index (χ2v) is 5.34. The molecule has 116 valence electrons. The van der Waals surface area contributed by atoms with Gasteiger partial charge < -0.3 is 14.8 Å². The van der Waals surface area contributed by atoms with E-state index in [1.165, 1.54) is 5.56 Å². The van der Waals surface area contributed by atoms with Crippen LogP contribution in [0.5, 0.6) is 0 Å². The van der Waals surface area contributed by atoms with Crippen molar-refractivity contribution < 1.29 is 19.1 Å². The summed E-state index contributed by atoms with van der Waals surface area (Å²) in [7, 11) is 0. The van der Waals surface area contributed by atoms with E-state index in [1.54, 1.807) is 12.1 Å². The Balaban J connectivity index is 2.09. The number of amides is 1. The molecule has 2 aromatic rings. The Bertz CT molecular complexity index is 673. The van der Waals surface area contributed by atoms with Crippen molar-refractivity contribution in [2.45, 2.75) is 26.2 Å². The SMILES string of the molecule is CC(C)c1cccc(-c2ccc(C(=O)NCCC(=O)O)o2)c1. The van der Waals surface area contributed by atoms with E-state index in [4.69, 9.17) is 9.52 Å². The quantitative estimate of drug-likeness (QED) is 0.858. The van der Waals surface area contributed by atoms with E-state index in [0.29, 0.717) is 11.7 Å². The Morgan fingerprint density at radius 3 is 2.68 bits per heavy atom. The molecule has 0 fully saturated rings. The molecule has 5 heteroatoms. The number of carboxylic acids is 1. The third-order valence-corrected chi connectivity index (χ3v) is 3.29. The highest BCUT2D eigenvalue weighted by Gasteiger charge is 2.13. The molecule has 0 saturated carbocycles. The first-order valence-corrected chi connectivity index (χ1v) is 7.17. The van der Waals surface area contributed by atoms with Gasteiger partial charge in [0.25, 0.3) is 5.91 Å². The molecular weight excluding hydrogens is 282 g/mol. The fourth-order valence-electron chi connectivity index (χ4n) is 2.04. The minimum Gasteiger partial charge on any atom is -0.481 e. The van der Waals surface area contributed by atoms with Crippen molar-refractivity contribution in [1.82, 2.24) is 5.32 Å². The van der Waals surface area contributed by atoms with Crippen LogP contribution in [0.1, 0.15) is 42.3 Å². The number of carbonyl (C=O) groups excluding carboxylic acids is 1. The van der Waals surface area contributed by atoms with Gasteiger partial charge in [-0.3, -0.25) is 9.59 Å². The summed E-state index contributed by atoms with van der Waals surface area (Å²) in [4.78, 5) is 22.3. The average molecular weight is 301 g/mol. The molecule has 0 saturated heterocycles. The summed E-state index contributed by atoms with van der Waals surface area (Å²) in [6.45, 7) is 4.30. The Morgan fingerprint density at radius 2 is 2.00 bits per heavy atom. The number of hydrogen-bond donors (Lipinski definition) is 2. The largest absolute Gasteiger partial charge is 0.481 e. The Hall–Kier alpha value is -2.56. The molecule has 2 N–H and O–H groups in total. The summed E-state index contributed by atoms with van der Waals surface area (Å²) in [5, 5.41) is 11.1. The molecular formula is C17H19NO4. The number of nitrogens with one attached hydrogen (secondary N) is 1. The van der Waals surface area contributed by atoms with Crippen LogP contribution in [0.2, 0.25) is 0 Å². The maximum Gasteiger partial charge on any atom is 0.305 e. The predicted molar refractivity (Wildman–Crippen MR) is 82.8 cm³/mol. The lowest BCUT2D eigenvalue weighted by Gasteiger charge is -2.06. The van der Waals surface area contributed by atoms with Gasteiger partial charge in [-0.15, -0.1) is 0 Å². The highest BCUT2D eigenvalue weighted by atomic mass is 16.4. The van der Waals surface area contributed by atoms with Crippen molar-refractivity contribution in [2.75, 3.05) is 6.54 Å². The normalized spacial score (nSPS) is 10.7. The maximum absolute atomic E-state index is 11.8. The minimum atomic E-state index is -0.953. The topological polar surface area (TPSA) is 79.5 Å². The number of aliphatic carboxylic acids is 1. The van der Waals surface area contributed by atoms with Gasteiger partial charge in [-0.25, -0.2) is 0 Å². The number of rotatable bonds is 6. The fraction of sp³-hybridized carbons (Fsp3) is 0.294. The Labute approximate surface area is 129 Å². The van der Waals surface area contributed by atoms with Crippen molar-refractivity contribution in [3.05, 3.63) is 47.7 Å². The predicted octanol–water partition coefficient (Wildman–Crippen LogP) is 3.27. The fourth-order valence-corrected chi connectivity index (χ4v) is 2.04. The molecule has 2 rings (SSSR count). The summed E-state index contributed by atoms with van der Waals surface area (Å²) < 4.78 is 5.56. The molecule has 0 aliphatic carbocycles. The molecule has 0 spiro atoms. The molecule has 1 aromatic heterocycles. The zero-order valence-electron chi connectivity index (χ0n) is 12.6. The van der Waals surface area contributed by atoms with Crippen LogP contribution >= 0.6 is 0 Å². The van der Waals surface area contributed by atoms with Crippen molar-refractivity contribution in [3.63, 3.8) is 0 Å². The smallest absolute Gasteiger partial charge is 0.305 e. The number of carboxylic acid groups (broad SMARTS) is 1. The standard InChI is InChI=1S/C17H19NO4/c1-11(2)12-4-3-5-13(10-12)14-6-7-15(22-14)17(21)18-9-8-16(19)20/h3-7,10-11H,8-9H2,1-2H3,(H,18,21)(H,19,20). The lowest BCUT2D eigenvalue weighted by atomic mass is 10.0. The lowest BCUT2D eigenvalue weighted by Crippen LogP contribution is -2.25. The Morgan fingerprint density at radius 1 is 1.23 bits per heavy atom. The zero-order valence-corrected chi connectivity index (χ0v) is 12.6. The van der Waals surface area contributed by atoms with Crippen molar-refractivity contribution >= 4 is 11.9 Å². The van der Waals surface area contributed by atoms with Gasteiger partial charge in [-0.2, -0.15) is 0 Å². The molecule has 1 amide bonds. The van der Waals surface area contributed by atoms with E-state index >= 15 is 0 Å². The third-order valence-electron chi connectivity index (χ3n) is 3.29. The Kier molecular flexibility index (Phi) is 4.99. The van der Waals surface area contributed by atoms with Crippen LogP contribution in [-0.2, 0) is 4.79 Å². The monoisotopic (exact) mass is 301 g/mol. The van der Waals surface area contributed by atoms with Crippen LogP contribution in [0.3, 0.4) is 0 Å². The molecule has 22 heavy (non-hydrogen) atoms. The number of carbonyl (C=O) groups is 2. The van der Waals surface area contributed by atoms with Gasteiger partial charge in [-0.1, -0.05) is 32.0 Å². The number of furan rings is 1. The van der Waals surface area contributed by atoms with Crippen LogP contribution in [0.15, 0.2) is 40.8 Å².